The van der Waals surface area contributed by atoms with Crippen molar-refractivity contribution in [3.8, 4) is 0 Å². The number of carbonyl (C=O) groups is 3. The van der Waals surface area contributed by atoms with Crippen molar-refractivity contribution in [1.82, 2.24) is 10.2 Å². The van der Waals surface area contributed by atoms with E-state index in [1.165, 1.54) is 4.90 Å². The Morgan fingerprint density at radius 1 is 1.14 bits per heavy atom. The van der Waals surface area contributed by atoms with Crippen LogP contribution in [0.15, 0.2) is 42.5 Å². The van der Waals surface area contributed by atoms with Gasteiger partial charge in [0.1, 0.15) is 5.54 Å². The highest BCUT2D eigenvalue weighted by Gasteiger charge is 2.52. The van der Waals surface area contributed by atoms with Crippen LogP contribution < -0.4 is 10.6 Å². The molecule has 29 heavy (non-hydrogen) atoms. The number of hydrogen-bond donors (Lipinski definition) is 2. The molecule has 1 heterocycles. The highest BCUT2D eigenvalue weighted by Crippen LogP contribution is 2.35. The van der Waals surface area contributed by atoms with Crippen LogP contribution in [0.4, 0.5) is 10.5 Å². The first-order valence-electron chi connectivity index (χ1n) is 9.68. The second-order valence-electron chi connectivity index (χ2n) is 7.73. The topological polar surface area (TPSA) is 78.5 Å². The summed E-state index contributed by atoms with van der Waals surface area (Å²) in [6.07, 6.45) is 3.32. The molecule has 1 aliphatic heterocycles. The minimum Gasteiger partial charge on any atom is -0.323 e. The molecule has 2 aromatic carbocycles. The molecule has 1 saturated carbocycles. The van der Waals surface area contributed by atoms with Crippen LogP contribution in [0.1, 0.15) is 47.2 Å². The number of nitrogens with one attached hydrogen (secondary N) is 2. The van der Waals surface area contributed by atoms with Gasteiger partial charge in [-0.2, -0.15) is 0 Å². The maximum absolute atomic E-state index is 12.7. The molecule has 1 aliphatic carbocycles. The molecule has 150 valence electrons. The third kappa shape index (κ3) is 3.72. The zero-order valence-electron chi connectivity index (χ0n) is 16.1. The maximum atomic E-state index is 12.7. The Bertz CT molecular complexity index is 981. The number of hydrogen-bond acceptors (Lipinski definition) is 3. The zero-order valence-corrected chi connectivity index (χ0v) is 16.9. The number of imide groups is 1. The first-order valence-corrected chi connectivity index (χ1v) is 10.1. The molecule has 0 radical (unpaired) electrons. The van der Waals surface area contributed by atoms with Crippen LogP contribution in [0.2, 0.25) is 5.02 Å². The molecule has 0 aromatic heterocycles. The Kier molecular flexibility index (Phi) is 5.04. The second kappa shape index (κ2) is 7.52. The Morgan fingerprint density at radius 3 is 2.48 bits per heavy atom. The lowest BCUT2D eigenvalue weighted by molar-refractivity contribution is -0.131. The van der Waals surface area contributed by atoms with E-state index in [1.807, 2.05) is 13.0 Å². The van der Waals surface area contributed by atoms with E-state index in [0.717, 1.165) is 24.0 Å². The largest absolute Gasteiger partial charge is 0.325 e. The molecule has 0 bridgehead atoms. The Labute approximate surface area is 174 Å². The summed E-state index contributed by atoms with van der Waals surface area (Å²) in [5.41, 5.74) is 2.14. The fourth-order valence-corrected chi connectivity index (χ4v) is 4.12. The molecule has 6 nitrogen and oxygen atoms in total. The molecule has 0 atom stereocenters. The predicted molar refractivity (Wildman–Crippen MR) is 111 cm³/mol. The number of urea groups is 1. The molecule has 4 amide bonds. The lowest BCUT2D eigenvalue weighted by Gasteiger charge is -2.20. The van der Waals surface area contributed by atoms with E-state index >= 15 is 0 Å². The lowest BCUT2D eigenvalue weighted by atomic mass is 9.98. The second-order valence-corrected chi connectivity index (χ2v) is 8.13. The van der Waals surface area contributed by atoms with Crippen molar-refractivity contribution >= 4 is 35.1 Å². The molecule has 2 N–H and O–H groups in total. The molecule has 7 heteroatoms. The van der Waals surface area contributed by atoms with Gasteiger partial charge >= 0.3 is 6.03 Å². The van der Waals surface area contributed by atoms with Gasteiger partial charge in [-0.15, -0.1) is 0 Å². The van der Waals surface area contributed by atoms with Gasteiger partial charge in [-0.1, -0.05) is 36.6 Å². The molecule has 4 rings (SSSR count). The Hall–Kier alpha value is -2.86. The van der Waals surface area contributed by atoms with E-state index in [-0.39, 0.29) is 24.4 Å². The minimum atomic E-state index is -0.701. The van der Waals surface area contributed by atoms with Gasteiger partial charge in [-0.25, -0.2) is 4.79 Å². The number of amides is 4. The smallest absolute Gasteiger partial charge is 0.323 e. The van der Waals surface area contributed by atoms with Gasteiger partial charge < -0.3 is 10.6 Å². The van der Waals surface area contributed by atoms with Gasteiger partial charge in [-0.05, 0) is 61.2 Å². The minimum absolute atomic E-state index is 0.139. The van der Waals surface area contributed by atoms with Crippen molar-refractivity contribution in [2.75, 3.05) is 5.32 Å². The van der Waals surface area contributed by atoms with Crippen LogP contribution in [-0.4, -0.2) is 28.3 Å². The number of anilines is 1. The van der Waals surface area contributed by atoms with Gasteiger partial charge in [0, 0.05) is 16.3 Å². The molecule has 2 aromatic rings. The Balaban J connectivity index is 1.42. The van der Waals surface area contributed by atoms with Crippen LogP contribution in [0.25, 0.3) is 0 Å². The third-order valence-electron chi connectivity index (χ3n) is 5.68. The summed E-state index contributed by atoms with van der Waals surface area (Å²) in [7, 11) is 0. The van der Waals surface area contributed by atoms with Gasteiger partial charge in [0.25, 0.3) is 11.8 Å². The van der Waals surface area contributed by atoms with Crippen molar-refractivity contribution < 1.29 is 14.4 Å². The molecule has 2 fully saturated rings. The van der Waals surface area contributed by atoms with E-state index in [9.17, 15) is 14.4 Å². The molecular formula is C22H22ClN3O3. The Morgan fingerprint density at radius 2 is 1.83 bits per heavy atom. The fourth-order valence-electron chi connectivity index (χ4n) is 4.01. The average Bonchev–Trinajstić information content (AvgIpc) is 3.26. The summed E-state index contributed by atoms with van der Waals surface area (Å²) in [6.45, 7) is 2.07. The SMILES string of the molecule is Cc1cc(NC(=O)c2ccc(CN3C(=O)NC4(CCCC4)C3=O)cc2)ccc1Cl. The molecule has 1 saturated heterocycles. The number of carbonyl (C=O) groups excluding carboxylic acids is 3. The van der Waals surface area contributed by atoms with Gasteiger partial charge in [0.15, 0.2) is 0 Å². The van der Waals surface area contributed by atoms with Crippen molar-refractivity contribution in [2.24, 2.45) is 0 Å². The zero-order chi connectivity index (χ0) is 20.6. The summed E-state index contributed by atoms with van der Waals surface area (Å²) in [5.74, 6) is -0.377. The quantitative estimate of drug-likeness (QED) is 0.737. The van der Waals surface area contributed by atoms with Crippen LogP contribution in [0, 0.1) is 6.92 Å². The van der Waals surface area contributed by atoms with E-state index in [0.29, 0.717) is 29.1 Å². The molecule has 2 aliphatic rings. The van der Waals surface area contributed by atoms with E-state index < -0.39 is 5.54 Å². The summed E-state index contributed by atoms with van der Waals surface area (Å²) in [5, 5.41) is 6.36. The first-order chi connectivity index (χ1) is 13.9. The summed E-state index contributed by atoms with van der Waals surface area (Å²) >= 11 is 6.01. The third-order valence-corrected chi connectivity index (χ3v) is 6.10. The highest BCUT2D eigenvalue weighted by atomic mass is 35.5. The van der Waals surface area contributed by atoms with Gasteiger partial charge in [-0.3, -0.25) is 14.5 Å². The molecule has 0 unspecified atom stereocenters. The lowest BCUT2D eigenvalue weighted by Crippen LogP contribution is -2.44. The fraction of sp³-hybridized carbons (Fsp3) is 0.318. The van der Waals surface area contributed by atoms with Gasteiger partial charge in [0.2, 0.25) is 0 Å². The first kappa shape index (κ1) is 19.5. The summed E-state index contributed by atoms with van der Waals surface area (Å²) < 4.78 is 0. The average molecular weight is 412 g/mol. The van der Waals surface area contributed by atoms with Crippen LogP contribution in [-0.2, 0) is 11.3 Å². The van der Waals surface area contributed by atoms with Crippen molar-refractivity contribution in [1.29, 1.82) is 0 Å². The van der Waals surface area contributed by atoms with Crippen LogP contribution in [0.5, 0.6) is 0 Å². The van der Waals surface area contributed by atoms with E-state index in [4.69, 9.17) is 11.6 Å². The highest BCUT2D eigenvalue weighted by molar-refractivity contribution is 6.31. The van der Waals surface area contributed by atoms with Crippen molar-refractivity contribution in [2.45, 2.75) is 44.7 Å². The standard InChI is InChI=1S/C22H22ClN3O3/c1-14-12-17(8-9-18(14)23)24-19(27)16-6-4-15(5-7-16)13-26-20(28)22(25-21(26)29)10-2-3-11-22/h4-9,12H,2-3,10-11,13H2,1H3,(H,24,27)(H,25,29). The van der Waals surface area contributed by atoms with E-state index in [1.54, 1.807) is 36.4 Å². The van der Waals surface area contributed by atoms with Crippen LogP contribution >= 0.6 is 11.6 Å². The number of halogens is 1. The van der Waals surface area contributed by atoms with E-state index in [2.05, 4.69) is 10.6 Å². The summed E-state index contributed by atoms with van der Waals surface area (Å²) in [6, 6.07) is 11.9. The molecular weight excluding hydrogens is 390 g/mol. The number of aryl methyl sites for hydroxylation is 1. The number of nitrogens with zero attached hydrogens (tertiary/aromatic N) is 1. The normalized spacial score (nSPS) is 17.7. The van der Waals surface area contributed by atoms with Gasteiger partial charge in [0.05, 0.1) is 6.54 Å². The van der Waals surface area contributed by atoms with Crippen LogP contribution in [0.3, 0.4) is 0 Å². The van der Waals surface area contributed by atoms with Crippen molar-refractivity contribution in [3.05, 3.63) is 64.2 Å². The monoisotopic (exact) mass is 411 g/mol. The van der Waals surface area contributed by atoms with Crippen molar-refractivity contribution in [3.63, 3.8) is 0 Å². The predicted octanol–water partition coefficient (Wildman–Crippen LogP) is 4.27. The maximum Gasteiger partial charge on any atom is 0.325 e. The number of benzene rings is 2. The number of rotatable bonds is 4. The molecule has 1 spiro atoms. The summed E-state index contributed by atoms with van der Waals surface area (Å²) in [4.78, 5) is 38.8.